The third kappa shape index (κ3) is 5.18. The predicted octanol–water partition coefficient (Wildman–Crippen LogP) is 2.60. The molecule has 2 aromatic rings. The number of likely N-dealkylation sites (tertiary alicyclic amines) is 1. The summed E-state index contributed by atoms with van der Waals surface area (Å²) in [7, 11) is 1.57. The van der Waals surface area contributed by atoms with Crippen LogP contribution in [0.15, 0.2) is 30.3 Å². The van der Waals surface area contributed by atoms with Crippen LogP contribution in [0.4, 0.5) is 0 Å². The van der Waals surface area contributed by atoms with E-state index in [-0.39, 0.29) is 30.2 Å². The number of nitrogens with zero attached hydrogens (tertiary/aromatic N) is 3. The number of nitrogens with one attached hydrogen (secondary N) is 1. The molecule has 0 aliphatic carbocycles. The number of aromatic amines is 1. The Kier molecular flexibility index (Phi) is 7.10. The highest BCUT2D eigenvalue weighted by Gasteiger charge is 2.29. The first-order chi connectivity index (χ1) is 14.4. The lowest BCUT2D eigenvalue weighted by atomic mass is 9.97. The monoisotopic (exact) mass is 432 g/mol. The van der Waals surface area contributed by atoms with Gasteiger partial charge in [0.15, 0.2) is 0 Å². The Hall–Kier alpha value is -2.87. The van der Waals surface area contributed by atoms with Gasteiger partial charge in [-0.05, 0) is 38.0 Å². The minimum absolute atomic E-state index is 0.0472. The number of hydrogen-bond donors (Lipinski definition) is 1. The molecule has 1 fully saturated rings. The van der Waals surface area contributed by atoms with Gasteiger partial charge in [0.1, 0.15) is 5.69 Å². The highest BCUT2D eigenvalue weighted by atomic mass is 35.5. The summed E-state index contributed by atoms with van der Waals surface area (Å²) >= 11 is 6.01. The number of amides is 2. The molecule has 0 unspecified atom stereocenters. The lowest BCUT2D eigenvalue weighted by Gasteiger charge is -2.32. The van der Waals surface area contributed by atoms with Gasteiger partial charge in [0, 0.05) is 30.7 Å². The Balaban J connectivity index is 1.55. The summed E-state index contributed by atoms with van der Waals surface area (Å²) in [5.41, 5.74) is 1.68. The molecule has 1 saturated heterocycles. The highest BCUT2D eigenvalue weighted by molar-refractivity contribution is 6.30. The van der Waals surface area contributed by atoms with Crippen LogP contribution in [-0.4, -0.2) is 71.1 Å². The third-order valence-electron chi connectivity index (χ3n) is 5.12. The molecule has 0 spiro atoms. The topological polar surface area (TPSA) is 95.6 Å². The summed E-state index contributed by atoms with van der Waals surface area (Å²) in [6, 6.07) is 8.82. The van der Waals surface area contributed by atoms with Gasteiger partial charge >= 0.3 is 5.97 Å². The van der Waals surface area contributed by atoms with Crippen molar-refractivity contribution in [1.29, 1.82) is 0 Å². The van der Waals surface area contributed by atoms with E-state index in [0.717, 1.165) is 5.56 Å². The number of H-pyrrole nitrogens is 1. The summed E-state index contributed by atoms with van der Waals surface area (Å²) in [6.07, 6.45) is 1.15. The predicted molar refractivity (Wildman–Crippen MR) is 112 cm³/mol. The molecule has 1 aromatic heterocycles. The summed E-state index contributed by atoms with van der Waals surface area (Å²) in [4.78, 5) is 40.1. The number of hydrogen-bond acceptors (Lipinski definition) is 5. The van der Waals surface area contributed by atoms with Crippen molar-refractivity contribution in [3.63, 3.8) is 0 Å². The molecule has 1 aliphatic heterocycles. The zero-order valence-corrected chi connectivity index (χ0v) is 17.8. The average Bonchev–Trinajstić information content (AvgIpc) is 3.23. The zero-order chi connectivity index (χ0) is 21.7. The molecule has 9 heteroatoms. The fourth-order valence-corrected chi connectivity index (χ4v) is 3.62. The molecule has 30 heavy (non-hydrogen) atoms. The Labute approximate surface area is 180 Å². The van der Waals surface area contributed by atoms with Gasteiger partial charge in [-0.1, -0.05) is 23.7 Å². The van der Waals surface area contributed by atoms with E-state index in [1.54, 1.807) is 37.1 Å². The number of ether oxygens (including phenoxy) is 1. The normalized spacial score (nSPS) is 14.4. The van der Waals surface area contributed by atoms with E-state index in [4.69, 9.17) is 16.3 Å². The maximum Gasteiger partial charge on any atom is 0.309 e. The van der Waals surface area contributed by atoms with Crippen molar-refractivity contribution >= 4 is 29.4 Å². The Bertz CT molecular complexity index is 921. The number of carbonyl (C=O) groups is 3. The quantitative estimate of drug-likeness (QED) is 0.708. The Morgan fingerprint density at radius 1 is 1.27 bits per heavy atom. The Morgan fingerprint density at radius 2 is 2.00 bits per heavy atom. The fourth-order valence-electron chi connectivity index (χ4n) is 3.43. The third-order valence-corrected chi connectivity index (χ3v) is 5.35. The van der Waals surface area contributed by atoms with Gasteiger partial charge in [-0.2, -0.15) is 5.10 Å². The molecule has 2 amide bonds. The van der Waals surface area contributed by atoms with Crippen LogP contribution in [0.5, 0.6) is 0 Å². The molecular formula is C21H25ClN4O4. The molecular weight excluding hydrogens is 408 g/mol. The first kappa shape index (κ1) is 21.8. The van der Waals surface area contributed by atoms with Crippen molar-refractivity contribution in [3.05, 3.63) is 41.0 Å². The summed E-state index contributed by atoms with van der Waals surface area (Å²) in [5.74, 6) is -0.844. The molecule has 3 rings (SSSR count). The summed E-state index contributed by atoms with van der Waals surface area (Å²) in [5, 5.41) is 7.48. The minimum atomic E-state index is -0.328. The second kappa shape index (κ2) is 9.75. The number of piperidine rings is 1. The lowest BCUT2D eigenvalue weighted by molar-refractivity contribution is -0.151. The molecule has 1 aliphatic rings. The van der Waals surface area contributed by atoms with E-state index in [9.17, 15) is 14.4 Å². The SMILES string of the molecule is CCOC(=O)C1CCN(C(=O)CN(C)C(=O)c2cc(-c3cccc(Cl)c3)n[nH]2)CC1. The molecule has 0 radical (unpaired) electrons. The smallest absolute Gasteiger partial charge is 0.309 e. The second-order valence-corrected chi connectivity index (χ2v) is 7.68. The first-order valence-electron chi connectivity index (χ1n) is 9.90. The lowest BCUT2D eigenvalue weighted by Crippen LogP contribution is -2.45. The molecule has 0 atom stereocenters. The van der Waals surface area contributed by atoms with Crippen molar-refractivity contribution in [1.82, 2.24) is 20.0 Å². The van der Waals surface area contributed by atoms with Crippen molar-refractivity contribution in [2.45, 2.75) is 19.8 Å². The highest BCUT2D eigenvalue weighted by Crippen LogP contribution is 2.22. The molecule has 1 N–H and O–H groups in total. The van der Waals surface area contributed by atoms with Gasteiger partial charge in [0.2, 0.25) is 5.91 Å². The summed E-state index contributed by atoms with van der Waals surface area (Å²) in [6.45, 7) is 3.05. The van der Waals surface area contributed by atoms with Crippen molar-refractivity contribution in [2.24, 2.45) is 5.92 Å². The van der Waals surface area contributed by atoms with Crippen molar-refractivity contribution in [2.75, 3.05) is 33.3 Å². The van der Waals surface area contributed by atoms with Gasteiger partial charge < -0.3 is 14.5 Å². The van der Waals surface area contributed by atoms with Gasteiger partial charge in [-0.25, -0.2) is 0 Å². The maximum atomic E-state index is 12.7. The summed E-state index contributed by atoms with van der Waals surface area (Å²) < 4.78 is 5.05. The second-order valence-electron chi connectivity index (χ2n) is 7.25. The number of benzene rings is 1. The van der Waals surface area contributed by atoms with Gasteiger partial charge in [0.25, 0.3) is 5.91 Å². The van der Waals surface area contributed by atoms with Gasteiger partial charge in [-0.15, -0.1) is 0 Å². The molecule has 0 bridgehead atoms. The molecule has 2 heterocycles. The number of carbonyl (C=O) groups excluding carboxylic acids is 3. The number of likely N-dealkylation sites (N-methyl/N-ethyl adjacent to an activating group) is 1. The largest absolute Gasteiger partial charge is 0.466 e. The zero-order valence-electron chi connectivity index (χ0n) is 17.1. The Morgan fingerprint density at radius 3 is 2.67 bits per heavy atom. The van der Waals surface area contributed by atoms with Gasteiger partial charge in [-0.3, -0.25) is 19.5 Å². The molecule has 0 saturated carbocycles. The molecule has 160 valence electrons. The fraction of sp³-hybridized carbons (Fsp3) is 0.429. The minimum Gasteiger partial charge on any atom is -0.466 e. The maximum absolute atomic E-state index is 12.7. The van der Waals surface area contributed by atoms with Crippen LogP contribution >= 0.6 is 11.6 Å². The number of aromatic nitrogens is 2. The van der Waals surface area contributed by atoms with Crippen LogP contribution in [0.25, 0.3) is 11.3 Å². The van der Waals surface area contributed by atoms with Crippen molar-refractivity contribution in [3.8, 4) is 11.3 Å². The van der Waals surface area contributed by atoms with Crippen LogP contribution in [-0.2, 0) is 14.3 Å². The standard InChI is InChI=1S/C21H25ClN4O4/c1-3-30-21(29)14-7-9-26(10-8-14)19(27)13-25(2)20(28)18-12-17(23-24-18)15-5-4-6-16(22)11-15/h4-6,11-12,14H,3,7-10,13H2,1-2H3,(H,23,24). The van der Waals surface area contributed by atoms with Crippen LogP contribution in [0.2, 0.25) is 5.02 Å². The van der Waals surface area contributed by atoms with Crippen LogP contribution in [0.3, 0.4) is 0 Å². The van der Waals surface area contributed by atoms with E-state index in [0.29, 0.717) is 48.9 Å². The molecule has 8 nitrogen and oxygen atoms in total. The molecule has 1 aromatic carbocycles. The average molecular weight is 433 g/mol. The van der Waals surface area contributed by atoms with Crippen LogP contribution in [0.1, 0.15) is 30.3 Å². The number of rotatable bonds is 6. The number of halogens is 1. The van der Waals surface area contributed by atoms with Gasteiger partial charge in [0.05, 0.1) is 24.8 Å². The van der Waals surface area contributed by atoms with Crippen molar-refractivity contribution < 1.29 is 19.1 Å². The first-order valence-corrected chi connectivity index (χ1v) is 10.3. The van der Waals surface area contributed by atoms with E-state index in [2.05, 4.69) is 10.2 Å². The van der Waals surface area contributed by atoms with E-state index < -0.39 is 0 Å². The number of esters is 1. The van der Waals surface area contributed by atoms with Crippen LogP contribution in [0, 0.1) is 5.92 Å². The van der Waals surface area contributed by atoms with E-state index in [1.165, 1.54) is 4.90 Å². The van der Waals surface area contributed by atoms with E-state index in [1.807, 2.05) is 12.1 Å². The van der Waals surface area contributed by atoms with Crippen LogP contribution < -0.4 is 0 Å². The van der Waals surface area contributed by atoms with E-state index >= 15 is 0 Å².